The van der Waals surface area contributed by atoms with Crippen LogP contribution in [0.4, 0.5) is 5.69 Å². The number of nitrogens with zero attached hydrogens (tertiary/aromatic N) is 1. The van der Waals surface area contributed by atoms with E-state index < -0.39 is 5.97 Å². The molecule has 2 amide bonds. The molecule has 2 aromatic carbocycles. The number of hydrogen-bond donors (Lipinski definition) is 0. The van der Waals surface area contributed by atoms with Crippen LogP contribution in [-0.2, 0) is 9.59 Å². The predicted molar refractivity (Wildman–Crippen MR) is 86.1 cm³/mol. The Bertz CT molecular complexity index is 781. The number of benzene rings is 2. The summed E-state index contributed by atoms with van der Waals surface area (Å²) in [7, 11) is 1.55. The van der Waals surface area contributed by atoms with E-state index in [0.717, 1.165) is 4.90 Å². The van der Waals surface area contributed by atoms with Gasteiger partial charge in [-0.25, -0.2) is 4.79 Å². The van der Waals surface area contributed by atoms with E-state index >= 15 is 0 Å². The first-order chi connectivity index (χ1) is 11.6. The van der Waals surface area contributed by atoms with Crippen LogP contribution >= 0.6 is 0 Å². The largest absolute Gasteiger partial charge is 0.497 e. The van der Waals surface area contributed by atoms with Gasteiger partial charge in [0.2, 0.25) is 11.8 Å². The predicted octanol–water partition coefficient (Wildman–Crippen LogP) is 2.57. The highest BCUT2D eigenvalue weighted by molar-refractivity contribution is 6.20. The van der Waals surface area contributed by atoms with Crippen molar-refractivity contribution in [1.82, 2.24) is 0 Å². The van der Waals surface area contributed by atoms with Crippen LogP contribution in [-0.4, -0.2) is 24.9 Å². The number of imide groups is 1. The summed E-state index contributed by atoms with van der Waals surface area (Å²) in [6, 6.07) is 12.9. The molecule has 0 aliphatic carbocycles. The third-order valence-corrected chi connectivity index (χ3v) is 3.66. The van der Waals surface area contributed by atoms with Gasteiger partial charge in [-0.1, -0.05) is 6.07 Å². The summed E-state index contributed by atoms with van der Waals surface area (Å²) in [5.74, 6) is -0.0650. The average Bonchev–Trinajstić information content (AvgIpc) is 2.94. The average molecular weight is 325 g/mol. The van der Waals surface area contributed by atoms with Gasteiger partial charge in [-0.15, -0.1) is 0 Å². The number of rotatable bonds is 4. The molecule has 1 aliphatic heterocycles. The minimum atomic E-state index is -0.568. The van der Waals surface area contributed by atoms with E-state index in [1.165, 1.54) is 6.07 Å². The Morgan fingerprint density at radius 3 is 2.21 bits per heavy atom. The Morgan fingerprint density at radius 1 is 0.958 bits per heavy atom. The number of ether oxygens (including phenoxy) is 2. The Balaban J connectivity index is 1.79. The number of carbonyl (C=O) groups is 3. The van der Waals surface area contributed by atoms with E-state index in [1.54, 1.807) is 49.6 Å². The molecule has 0 bridgehead atoms. The molecule has 6 nitrogen and oxygen atoms in total. The van der Waals surface area contributed by atoms with E-state index in [0.29, 0.717) is 17.2 Å². The first-order valence-corrected chi connectivity index (χ1v) is 7.40. The molecule has 2 aromatic rings. The molecule has 0 N–H and O–H groups in total. The summed E-state index contributed by atoms with van der Waals surface area (Å²) in [4.78, 5) is 36.9. The molecule has 1 saturated heterocycles. The van der Waals surface area contributed by atoms with Crippen LogP contribution in [0.15, 0.2) is 48.5 Å². The molecule has 6 heteroatoms. The minimum absolute atomic E-state index is 0.194. The van der Waals surface area contributed by atoms with Crippen molar-refractivity contribution in [2.45, 2.75) is 12.8 Å². The lowest BCUT2D eigenvalue weighted by molar-refractivity contribution is -0.121. The molecule has 1 aliphatic rings. The molecule has 122 valence electrons. The van der Waals surface area contributed by atoms with Gasteiger partial charge in [0.25, 0.3) is 0 Å². The topological polar surface area (TPSA) is 72.9 Å². The van der Waals surface area contributed by atoms with Gasteiger partial charge in [-0.05, 0) is 42.5 Å². The molecule has 1 fully saturated rings. The Morgan fingerprint density at radius 2 is 1.58 bits per heavy atom. The molecule has 1 heterocycles. The van der Waals surface area contributed by atoms with Crippen molar-refractivity contribution in [2.75, 3.05) is 12.0 Å². The normalized spacial score (nSPS) is 14.0. The monoisotopic (exact) mass is 325 g/mol. The van der Waals surface area contributed by atoms with E-state index in [-0.39, 0.29) is 30.2 Å². The van der Waals surface area contributed by atoms with E-state index in [4.69, 9.17) is 9.47 Å². The van der Waals surface area contributed by atoms with Crippen molar-refractivity contribution in [1.29, 1.82) is 0 Å². The van der Waals surface area contributed by atoms with Crippen molar-refractivity contribution in [3.63, 3.8) is 0 Å². The zero-order valence-electron chi connectivity index (χ0n) is 13.0. The number of amides is 2. The summed E-state index contributed by atoms with van der Waals surface area (Å²) in [5.41, 5.74) is 0.641. The third-order valence-electron chi connectivity index (χ3n) is 3.66. The van der Waals surface area contributed by atoms with E-state index in [1.807, 2.05) is 0 Å². The van der Waals surface area contributed by atoms with Gasteiger partial charge in [0.05, 0.1) is 18.4 Å². The fourth-order valence-electron chi connectivity index (χ4n) is 2.45. The van der Waals surface area contributed by atoms with Gasteiger partial charge >= 0.3 is 5.97 Å². The van der Waals surface area contributed by atoms with Crippen molar-refractivity contribution in [3.8, 4) is 11.5 Å². The zero-order chi connectivity index (χ0) is 17.1. The second kappa shape index (κ2) is 6.54. The van der Waals surface area contributed by atoms with Crippen molar-refractivity contribution >= 4 is 23.5 Å². The number of anilines is 1. The lowest BCUT2D eigenvalue weighted by atomic mass is 10.2. The quantitative estimate of drug-likeness (QED) is 0.491. The summed E-state index contributed by atoms with van der Waals surface area (Å²) < 4.78 is 10.3. The van der Waals surface area contributed by atoms with Gasteiger partial charge in [0.1, 0.15) is 11.5 Å². The second-order valence-corrected chi connectivity index (χ2v) is 5.24. The van der Waals surface area contributed by atoms with Gasteiger partial charge in [0, 0.05) is 12.8 Å². The number of hydrogen-bond acceptors (Lipinski definition) is 5. The fraction of sp³-hybridized carbons (Fsp3) is 0.167. The second-order valence-electron chi connectivity index (χ2n) is 5.24. The first-order valence-electron chi connectivity index (χ1n) is 7.40. The molecular formula is C18H15NO5. The van der Waals surface area contributed by atoms with Crippen molar-refractivity contribution < 1.29 is 23.9 Å². The van der Waals surface area contributed by atoms with Crippen LogP contribution in [0, 0.1) is 0 Å². The summed E-state index contributed by atoms with van der Waals surface area (Å²) in [6.45, 7) is 0. The van der Waals surface area contributed by atoms with Gasteiger partial charge in [-0.2, -0.15) is 0 Å². The molecule has 0 unspecified atom stereocenters. The van der Waals surface area contributed by atoms with Crippen molar-refractivity contribution in [3.05, 3.63) is 54.1 Å². The number of methoxy groups -OCH3 is 1. The van der Waals surface area contributed by atoms with Crippen molar-refractivity contribution in [2.24, 2.45) is 0 Å². The van der Waals surface area contributed by atoms with Crippen LogP contribution in [0.25, 0.3) is 0 Å². The number of carbonyl (C=O) groups excluding carboxylic acids is 3. The van der Waals surface area contributed by atoms with Crippen LogP contribution in [0.1, 0.15) is 23.2 Å². The van der Waals surface area contributed by atoms with Gasteiger partial charge in [-0.3, -0.25) is 14.5 Å². The Kier molecular flexibility index (Phi) is 4.29. The lowest BCUT2D eigenvalue weighted by Crippen LogP contribution is -2.28. The molecular weight excluding hydrogens is 310 g/mol. The highest BCUT2D eigenvalue weighted by Crippen LogP contribution is 2.24. The standard InChI is InChI=1S/C18H15NO5/c1-23-14-5-7-15(8-6-14)24-18(22)12-3-2-4-13(11-12)19-16(20)9-10-17(19)21/h2-8,11H,9-10H2,1H3. The third kappa shape index (κ3) is 3.12. The van der Waals surface area contributed by atoms with Crippen LogP contribution in [0.2, 0.25) is 0 Å². The fourth-order valence-corrected chi connectivity index (χ4v) is 2.45. The van der Waals surface area contributed by atoms with Crippen LogP contribution < -0.4 is 14.4 Å². The summed E-state index contributed by atoms with van der Waals surface area (Å²) in [6.07, 6.45) is 0.388. The Labute approximate surface area is 138 Å². The molecule has 0 radical (unpaired) electrons. The molecule has 3 rings (SSSR count). The molecule has 0 saturated carbocycles. The maximum absolute atomic E-state index is 12.3. The van der Waals surface area contributed by atoms with Crippen LogP contribution in [0.3, 0.4) is 0 Å². The van der Waals surface area contributed by atoms with Gasteiger partial charge in [0.15, 0.2) is 0 Å². The number of esters is 1. The van der Waals surface area contributed by atoms with E-state index in [9.17, 15) is 14.4 Å². The highest BCUT2D eigenvalue weighted by Gasteiger charge is 2.30. The smallest absolute Gasteiger partial charge is 0.343 e. The lowest BCUT2D eigenvalue weighted by Gasteiger charge is -2.14. The Hall–Kier alpha value is -3.15. The van der Waals surface area contributed by atoms with Gasteiger partial charge < -0.3 is 9.47 Å². The zero-order valence-corrected chi connectivity index (χ0v) is 13.0. The maximum Gasteiger partial charge on any atom is 0.343 e. The van der Waals surface area contributed by atoms with Crippen LogP contribution in [0.5, 0.6) is 11.5 Å². The molecule has 0 spiro atoms. The maximum atomic E-state index is 12.3. The first kappa shape index (κ1) is 15.7. The SMILES string of the molecule is COc1ccc(OC(=O)c2cccc(N3C(=O)CCC3=O)c2)cc1. The molecule has 24 heavy (non-hydrogen) atoms. The molecule has 0 aromatic heterocycles. The molecule has 0 atom stereocenters. The van der Waals surface area contributed by atoms with E-state index in [2.05, 4.69) is 0 Å². The minimum Gasteiger partial charge on any atom is -0.497 e. The highest BCUT2D eigenvalue weighted by atomic mass is 16.5. The summed E-state index contributed by atoms with van der Waals surface area (Å²) >= 11 is 0. The summed E-state index contributed by atoms with van der Waals surface area (Å²) in [5, 5.41) is 0.